The summed E-state index contributed by atoms with van der Waals surface area (Å²) in [6.07, 6.45) is 2.42. The second-order valence-corrected chi connectivity index (χ2v) is 9.06. The number of ether oxygens (including phenoxy) is 1. The van der Waals surface area contributed by atoms with Crippen LogP contribution in [-0.4, -0.2) is 31.8 Å². The number of rotatable bonds is 6. The van der Waals surface area contributed by atoms with Crippen molar-refractivity contribution in [2.45, 2.75) is 30.6 Å². The van der Waals surface area contributed by atoms with E-state index < -0.39 is 16.0 Å². The molecule has 144 valence electrons. The summed E-state index contributed by atoms with van der Waals surface area (Å²) in [6, 6.07) is 11.3. The van der Waals surface area contributed by atoms with Gasteiger partial charge in [0.15, 0.2) is 0 Å². The Bertz CT molecular complexity index is 923. The van der Waals surface area contributed by atoms with Crippen molar-refractivity contribution in [2.75, 3.05) is 13.1 Å². The molecule has 1 aliphatic rings. The highest BCUT2D eigenvalue weighted by atomic mass is 35.5. The van der Waals surface area contributed by atoms with Gasteiger partial charge in [-0.15, -0.1) is 0 Å². The van der Waals surface area contributed by atoms with E-state index in [1.807, 2.05) is 0 Å². The third kappa shape index (κ3) is 5.02. The molecule has 0 amide bonds. The average molecular weight is 428 g/mol. The summed E-state index contributed by atoms with van der Waals surface area (Å²) >= 11 is 11.7. The zero-order valence-corrected chi connectivity index (χ0v) is 16.9. The molecule has 5 nitrogen and oxygen atoms in total. The Hall–Kier alpha value is -1.60. The van der Waals surface area contributed by atoms with Gasteiger partial charge < -0.3 is 4.74 Å². The van der Waals surface area contributed by atoms with Gasteiger partial charge in [-0.1, -0.05) is 35.3 Å². The maximum absolute atomic E-state index is 12.5. The van der Waals surface area contributed by atoms with Crippen molar-refractivity contribution in [3.8, 4) is 5.75 Å². The molecule has 1 aliphatic heterocycles. The van der Waals surface area contributed by atoms with Gasteiger partial charge in [-0.3, -0.25) is 4.79 Å². The Morgan fingerprint density at radius 1 is 1.00 bits per heavy atom. The summed E-state index contributed by atoms with van der Waals surface area (Å²) in [7, 11) is -3.42. The maximum atomic E-state index is 12.5. The minimum absolute atomic E-state index is 0.165. The second kappa shape index (κ2) is 8.61. The predicted molar refractivity (Wildman–Crippen MR) is 105 cm³/mol. The lowest BCUT2D eigenvalue weighted by Crippen LogP contribution is -2.27. The summed E-state index contributed by atoms with van der Waals surface area (Å²) in [5.41, 5.74) is 0.862. The number of sulfonamides is 1. The Morgan fingerprint density at radius 3 is 2.30 bits per heavy atom. The maximum Gasteiger partial charge on any atom is 0.311 e. The SMILES string of the molecule is O=C(CCc1ccc(S(=O)(=O)N2CCCC2)cc1)Oc1ccc(Cl)c(Cl)c1. The molecule has 3 rings (SSSR count). The van der Waals surface area contributed by atoms with Crippen LogP contribution in [0.1, 0.15) is 24.8 Å². The van der Waals surface area contributed by atoms with Crippen LogP contribution in [0.5, 0.6) is 5.75 Å². The fraction of sp³-hybridized carbons (Fsp3) is 0.316. The summed E-state index contributed by atoms with van der Waals surface area (Å²) in [4.78, 5) is 12.3. The van der Waals surface area contributed by atoms with E-state index in [9.17, 15) is 13.2 Å². The van der Waals surface area contributed by atoms with Crippen LogP contribution in [0.25, 0.3) is 0 Å². The molecule has 8 heteroatoms. The highest BCUT2D eigenvalue weighted by Gasteiger charge is 2.26. The van der Waals surface area contributed by atoms with Gasteiger partial charge in [0.05, 0.1) is 14.9 Å². The third-order valence-corrected chi connectivity index (χ3v) is 7.02. The highest BCUT2D eigenvalue weighted by molar-refractivity contribution is 7.89. The van der Waals surface area contributed by atoms with Crippen molar-refractivity contribution >= 4 is 39.2 Å². The van der Waals surface area contributed by atoms with Crippen LogP contribution in [-0.2, 0) is 21.2 Å². The minimum atomic E-state index is -3.42. The van der Waals surface area contributed by atoms with Gasteiger partial charge in [-0.05, 0) is 49.1 Å². The topological polar surface area (TPSA) is 63.7 Å². The molecular weight excluding hydrogens is 409 g/mol. The summed E-state index contributed by atoms with van der Waals surface area (Å²) in [5, 5.41) is 0.706. The summed E-state index contributed by atoms with van der Waals surface area (Å²) in [6.45, 7) is 1.15. The zero-order valence-electron chi connectivity index (χ0n) is 14.5. The normalized spacial score (nSPS) is 15.0. The quantitative estimate of drug-likeness (QED) is 0.508. The van der Waals surface area contributed by atoms with E-state index in [0.717, 1.165) is 18.4 Å². The first-order valence-corrected chi connectivity index (χ1v) is 10.8. The number of esters is 1. The smallest absolute Gasteiger partial charge is 0.311 e. The molecule has 0 aliphatic carbocycles. The van der Waals surface area contributed by atoms with Crippen molar-refractivity contribution in [2.24, 2.45) is 0 Å². The molecule has 1 saturated heterocycles. The summed E-state index contributed by atoms with van der Waals surface area (Å²) < 4.78 is 31.7. The Kier molecular flexibility index (Phi) is 6.42. The molecular formula is C19H19Cl2NO4S. The lowest BCUT2D eigenvalue weighted by molar-refractivity contribution is -0.134. The summed E-state index contributed by atoms with van der Waals surface area (Å²) in [5.74, 6) is -0.0661. The predicted octanol–water partition coefficient (Wildman–Crippen LogP) is 4.32. The van der Waals surface area contributed by atoms with Crippen LogP contribution < -0.4 is 4.74 Å². The molecule has 27 heavy (non-hydrogen) atoms. The zero-order chi connectivity index (χ0) is 19.4. The highest BCUT2D eigenvalue weighted by Crippen LogP contribution is 2.26. The van der Waals surface area contributed by atoms with Crippen LogP contribution in [0.15, 0.2) is 47.4 Å². The molecule has 2 aromatic rings. The Balaban J connectivity index is 1.56. The standard InChI is InChI=1S/C19H19Cl2NO4S/c20-17-9-6-15(13-18(17)21)26-19(23)10-5-14-3-7-16(8-4-14)27(24,25)22-11-1-2-12-22/h3-4,6-9,13H,1-2,5,10-12H2. The van der Waals surface area contributed by atoms with Gasteiger partial charge in [-0.25, -0.2) is 8.42 Å². The van der Waals surface area contributed by atoms with Crippen LogP contribution >= 0.6 is 23.2 Å². The van der Waals surface area contributed by atoms with Crippen molar-refractivity contribution in [3.63, 3.8) is 0 Å². The number of hydrogen-bond donors (Lipinski definition) is 0. The van der Waals surface area contributed by atoms with Gasteiger partial charge in [0.25, 0.3) is 0 Å². The molecule has 0 aromatic heterocycles. The van der Waals surface area contributed by atoms with Crippen molar-refractivity contribution in [1.29, 1.82) is 0 Å². The molecule has 0 bridgehead atoms. The van der Waals surface area contributed by atoms with Crippen molar-refractivity contribution in [3.05, 3.63) is 58.1 Å². The van der Waals surface area contributed by atoms with Crippen LogP contribution in [0.2, 0.25) is 10.0 Å². The van der Waals surface area contributed by atoms with E-state index in [1.165, 1.54) is 10.4 Å². The number of hydrogen-bond acceptors (Lipinski definition) is 4. The third-order valence-electron chi connectivity index (χ3n) is 4.37. The van der Waals surface area contributed by atoms with Gasteiger partial charge in [-0.2, -0.15) is 4.31 Å². The Morgan fingerprint density at radius 2 is 1.67 bits per heavy atom. The first kappa shape index (κ1) is 20.1. The van der Waals surface area contributed by atoms with E-state index in [0.29, 0.717) is 35.3 Å². The lowest BCUT2D eigenvalue weighted by atomic mass is 10.1. The first-order valence-electron chi connectivity index (χ1n) is 8.61. The fourth-order valence-corrected chi connectivity index (χ4v) is 4.68. The van der Waals surface area contributed by atoms with Crippen LogP contribution in [0.3, 0.4) is 0 Å². The minimum Gasteiger partial charge on any atom is -0.426 e. The average Bonchev–Trinajstić information content (AvgIpc) is 3.19. The monoisotopic (exact) mass is 427 g/mol. The molecule has 0 N–H and O–H groups in total. The van der Waals surface area contributed by atoms with Crippen molar-refractivity contribution in [1.82, 2.24) is 4.31 Å². The largest absolute Gasteiger partial charge is 0.426 e. The van der Waals surface area contributed by atoms with Crippen LogP contribution in [0.4, 0.5) is 0 Å². The number of benzene rings is 2. The number of carbonyl (C=O) groups is 1. The van der Waals surface area contributed by atoms with Gasteiger partial charge in [0, 0.05) is 25.6 Å². The molecule has 0 unspecified atom stereocenters. The number of halogens is 2. The van der Waals surface area contributed by atoms with E-state index in [-0.39, 0.29) is 11.3 Å². The van der Waals surface area contributed by atoms with Gasteiger partial charge in [0.1, 0.15) is 5.75 Å². The fourth-order valence-electron chi connectivity index (χ4n) is 2.87. The van der Waals surface area contributed by atoms with E-state index >= 15 is 0 Å². The van der Waals surface area contributed by atoms with Crippen molar-refractivity contribution < 1.29 is 17.9 Å². The lowest BCUT2D eigenvalue weighted by Gasteiger charge is -2.15. The number of carbonyl (C=O) groups excluding carboxylic acids is 1. The number of nitrogens with zero attached hydrogens (tertiary/aromatic N) is 1. The van der Waals surface area contributed by atoms with Gasteiger partial charge in [0.2, 0.25) is 10.0 Å². The molecule has 0 atom stereocenters. The molecule has 1 heterocycles. The first-order chi connectivity index (χ1) is 12.9. The second-order valence-electron chi connectivity index (χ2n) is 6.31. The molecule has 0 spiro atoms. The van der Waals surface area contributed by atoms with Gasteiger partial charge >= 0.3 is 5.97 Å². The molecule has 1 fully saturated rings. The van der Waals surface area contributed by atoms with E-state index in [2.05, 4.69) is 0 Å². The Labute approximate surface area is 168 Å². The molecule has 0 radical (unpaired) electrons. The number of aryl methyl sites for hydroxylation is 1. The van der Waals surface area contributed by atoms with E-state index in [4.69, 9.17) is 27.9 Å². The van der Waals surface area contributed by atoms with Crippen LogP contribution in [0, 0.1) is 0 Å². The van der Waals surface area contributed by atoms with E-state index in [1.54, 1.807) is 36.4 Å². The molecule has 2 aromatic carbocycles. The molecule has 0 saturated carbocycles.